The van der Waals surface area contributed by atoms with Gasteiger partial charge < -0.3 is 9.47 Å². The van der Waals surface area contributed by atoms with Crippen molar-refractivity contribution in [1.82, 2.24) is 0 Å². The van der Waals surface area contributed by atoms with Crippen molar-refractivity contribution in [3.8, 4) is 11.8 Å². The zero-order valence-corrected chi connectivity index (χ0v) is 10.8. The van der Waals surface area contributed by atoms with E-state index in [1.807, 2.05) is 39.8 Å². The molecule has 0 saturated heterocycles. The number of ether oxygens (including phenoxy) is 2. The Labute approximate surface area is 99.3 Å². The van der Waals surface area contributed by atoms with Gasteiger partial charge in [-0.05, 0) is 27.7 Å². The van der Waals surface area contributed by atoms with Gasteiger partial charge >= 0.3 is 0 Å². The standard InChI is InChI=1S/C14H22O2/c1-13(2)7-11-15-9-5-6-10-16-12-8-14(3)4/h7-8H,9-12H2,1-4H3. The van der Waals surface area contributed by atoms with E-state index < -0.39 is 0 Å². The molecule has 0 unspecified atom stereocenters. The average Bonchev–Trinajstić information content (AvgIpc) is 2.20. The first-order valence-corrected chi connectivity index (χ1v) is 5.51. The van der Waals surface area contributed by atoms with E-state index in [9.17, 15) is 0 Å². The van der Waals surface area contributed by atoms with Gasteiger partial charge in [-0.25, -0.2) is 0 Å². The highest BCUT2D eigenvalue weighted by Crippen LogP contribution is 1.88. The zero-order valence-electron chi connectivity index (χ0n) is 10.8. The fraction of sp³-hybridized carbons (Fsp3) is 0.571. The van der Waals surface area contributed by atoms with E-state index in [0.29, 0.717) is 26.4 Å². The van der Waals surface area contributed by atoms with Gasteiger partial charge in [-0.15, -0.1) is 0 Å². The SMILES string of the molecule is CC(C)=CCOCC#CCOCC=C(C)C. The van der Waals surface area contributed by atoms with Crippen LogP contribution in [-0.2, 0) is 9.47 Å². The van der Waals surface area contributed by atoms with E-state index in [0.717, 1.165) is 0 Å². The summed E-state index contributed by atoms with van der Waals surface area (Å²) < 4.78 is 10.5. The number of hydrogen-bond donors (Lipinski definition) is 0. The number of allylic oxidation sites excluding steroid dienone is 2. The summed E-state index contributed by atoms with van der Waals surface area (Å²) in [5.41, 5.74) is 2.52. The maximum absolute atomic E-state index is 5.27. The highest BCUT2D eigenvalue weighted by atomic mass is 16.5. The van der Waals surface area contributed by atoms with Crippen LogP contribution in [0.2, 0.25) is 0 Å². The third kappa shape index (κ3) is 13.0. The van der Waals surface area contributed by atoms with Gasteiger partial charge in [-0.1, -0.05) is 35.1 Å². The van der Waals surface area contributed by atoms with Crippen LogP contribution in [0.5, 0.6) is 0 Å². The number of rotatable bonds is 6. The molecule has 0 aliphatic heterocycles. The fourth-order valence-corrected chi connectivity index (χ4v) is 0.773. The summed E-state index contributed by atoms with van der Waals surface area (Å²) in [5.74, 6) is 5.80. The van der Waals surface area contributed by atoms with Crippen LogP contribution in [0.1, 0.15) is 27.7 Å². The Morgan fingerprint density at radius 3 is 1.50 bits per heavy atom. The van der Waals surface area contributed by atoms with Gasteiger partial charge in [0.2, 0.25) is 0 Å². The molecule has 0 aromatic carbocycles. The first kappa shape index (κ1) is 15.0. The van der Waals surface area contributed by atoms with E-state index >= 15 is 0 Å². The first-order valence-electron chi connectivity index (χ1n) is 5.51. The van der Waals surface area contributed by atoms with Gasteiger partial charge in [0, 0.05) is 0 Å². The van der Waals surface area contributed by atoms with Crippen molar-refractivity contribution in [3.63, 3.8) is 0 Å². The largest absolute Gasteiger partial charge is 0.365 e. The predicted octanol–water partition coefficient (Wildman–Crippen LogP) is 2.96. The van der Waals surface area contributed by atoms with Crippen LogP contribution in [0.25, 0.3) is 0 Å². The molecule has 0 aliphatic rings. The molecule has 0 amide bonds. The van der Waals surface area contributed by atoms with Crippen LogP contribution in [0.4, 0.5) is 0 Å². The van der Waals surface area contributed by atoms with Crippen molar-refractivity contribution >= 4 is 0 Å². The molecule has 0 aromatic rings. The summed E-state index contributed by atoms with van der Waals surface area (Å²) in [5, 5.41) is 0. The molecule has 0 aliphatic carbocycles. The minimum atomic E-state index is 0.468. The Morgan fingerprint density at radius 2 is 1.19 bits per heavy atom. The maximum atomic E-state index is 5.27. The highest BCUT2D eigenvalue weighted by molar-refractivity contribution is 5.00. The molecule has 0 heterocycles. The molecule has 0 N–H and O–H groups in total. The molecule has 0 radical (unpaired) electrons. The normalized spacial score (nSPS) is 9.00. The van der Waals surface area contributed by atoms with Crippen molar-refractivity contribution < 1.29 is 9.47 Å². The molecular weight excluding hydrogens is 200 g/mol. The van der Waals surface area contributed by atoms with Crippen molar-refractivity contribution in [2.75, 3.05) is 26.4 Å². The Hall–Kier alpha value is -1.04. The molecule has 2 heteroatoms. The monoisotopic (exact) mass is 222 g/mol. The summed E-state index contributed by atoms with van der Waals surface area (Å²) in [4.78, 5) is 0. The van der Waals surface area contributed by atoms with E-state index in [1.54, 1.807) is 0 Å². The Bertz CT molecular complexity index is 254. The van der Waals surface area contributed by atoms with E-state index in [1.165, 1.54) is 11.1 Å². The molecule has 0 atom stereocenters. The van der Waals surface area contributed by atoms with Crippen molar-refractivity contribution in [3.05, 3.63) is 23.3 Å². The molecular formula is C14H22O2. The maximum Gasteiger partial charge on any atom is 0.108 e. The van der Waals surface area contributed by atoms with Gasteiger partial charge in [0.15, 0.2) is 0 Å². The third-order valence-corrected chi connectivity index (χ3v) is 1.69. The molecule has 0 spiro atoms. The summed E-state index contributed by atoms with van der Waals surface area (Å²) in [6.07, 6.45) is 4.07. The molecule has 90 valence electrons. The lowest BCUT2D eigenvalue weighted by atomic mass is 10.3. The van der Waals surface area contributed by atoms with Gasteiger partial charge in [-0.3, -0.25) is 0 Å². The van der Waals surface area contributed by atoms with Crippen LogP contribution in [0.15, 0.2) is 23.3 Å². The number of hydrogen-bond acceptors (Lipinski definition) is 2. The molecule has 0 fully saturated rings. The fourth-order valence-electron chi connectivity index (χ4n) is 0.773. The predicted molar refractivity (Wildman–Crippen MR) is 68.3 cm³/mol. The lowest BCUT2D eigenvalue weighted by Crippen LogP contribution is -1.94. The summed E-state index contributed by atoms with van der Waals surface area (Å²) in [6, 6.07) is 0. The summed E-state index contributed by atoms with van der Waals surface area (Å²) in [7, 11) is 0. The van der Waals surface area contributed by atoms with E-state index in [-0.39, 0.29) is 0 Å². The molecule has 0 saturated carbocycles. The van der Waals surface area contributed by atoms with Crippen molar-refractivity contribution in [1.29, 1.82) is 0 Å². The van der Waals surface area contributed by atoms with Crippen LogP contribution < -0.4 is 0 Å². The van der Waals surface area contributed by atoms with Gasteiger partial charge in [0.25, 0.3) is 0 Å². The zero-order chi connectivity index (χ0) is 12.2. The molecule has 16 heavy (non-hydrogen) atoms. The van der Waals surface area contributed by atoms with Crippen molar-refractivity contribution in [2.24, 2.45) is 0 Å². The van der Waals surface area contributed by atoms with Crippen LogP contribution >= 0.6 is 0 Å². The lowest BCUT2D eigenvalue weighted by molar-refractivity contribution is 0.193. The quantitative estimate of drug-likeness (QED) is 0.391. The lowest BCUT2D eigenvalue weighted by Gasteiger charge is -1.95. The second-order valence-electron chi connectivity index (χ2n) is 3.95. The highest BCUT2D eigenvalue weighted by Gasteiger charge is 1.81. The molecule has 2 nitrogen and oxygen atoms in total. The van der Waals surface area contributed by atoms with Gasteiger partial charge in [0.1, 0.15) is 13.2 Å². The smallest absolute Gasteiger partial charge is 0.108 e. The topological polar surface area (TPSA) is 18.5 Å². The third-order valence-electron chi connectivity index (χ3n) is 1.69. The van der Waals surface area contributed by atoms with E-state index in [4.69, 9.17) is 9.47 Å². The average molecular weight is 222 g/mol. The van der Waals surface area contributed by atoms with Crippen LogP contribution in [-0.4, -0.2) is 26.4 Å². The summed E-state index contributed by atoms with van der Waals surface area (Å²) >= 11 is 0. The second-order valence-corrected chi connectivity index (χ2v) is 3.95. The summed E-state index contributed by atoms with van der Waals surface area (Å²) in [6.45, 7) is 10.4. The van der Waals surface area contributed by atoms with Gasteiger partial charge in [-0.2, -0.15) is 0 Å². The molecule has 0 rings (SSSR count). The van der Waals surface area contributed by atoms with Gasteiger partial charge in [0.05, 0.1) is 13.2 Å². The van der Waals surface area contributed by atoms with E-state index in [2.05, 4.69) is 11.8 Å². The Morgan fingerprint density at radius 1 is 0.812 bits per heavy atom. The Kier molecular flexibility index (Phi) is 9.80. The molecule has 0 aromatic heterocycles. The molecule has 0 bridgehead atoms. The minimum Gasteiger partial charge on any atom is -0.365 e. The van der Waals surface area contributed by atoms with Crippen LogP contribution in [0.3, 0.4) is 0 Å². The minimum absolute atomic E-state index is 0.468. The Balaban J connectivity index is 3.36. The van der Waals surface area contributed by atoms with Crippen molar-refractivity contribution in [2.45, 2.75) is 27.7 Å². The second kappa shape index (κ2) is 10.5. The first-order chi connectivity index (χ1) is 7.63. The van der Waals surface area contributed by atoms with Crippen LogP contribution in [0, 0.1) is 11.8 Å².